The normalized spacial score (nSPS) is 16.4. The maximum absolute atomic E-state index is 15.3. The fraction of sp³-hybridized carbons (Fsp3) is 0.192. The third kappa shape index (κ3) is 5.03. The van der Waals surface area contributed by atoms with Gasteiger partial charge in [0, 0.05) is 31.8 Å². The summed E-state index contributed by atoms with van der Waals surface area (Å²) in [5.74, 6) is -6.46. The SMILES string of the molecule is Nc1nc(-n2cc(C(=O)O)c(=O)c3cc(F)c(N4CC/C(=N\OCc5ccccc5)C(N)C4)nc32)c(F)cc1F. The van der Waals surface area contributed by atoms with Crippen molar-refractivity contribution in [2.24, 2.45) is 10.9 Å². The quantitative estimate of drug-likeness (QED) is 0.305. The van der Waals surface area contributed by atoms with Gasteiger partial charge < -0.3 is 26.3 Å². The predicted molar refractivity (Wildman–Crippen MR) is 140 cm³/mol. The second-order valence-electron chi connectivity index (χ2n) is 9.02. The molecular formula is C26H22F3N7O4. The third-order valence-electron chi connectivity index (χ3n) is 6.35. The Labute approximate surface area is 224 Å². The van der Waals surface area contributed by atoms with Gasteiger partial charge in [0.15, 0.2) is 40.6 Å². The molecule has 206 valence electrons. The number of aromatic carboxylic acids is 1. The van der Waals surface area contributed by atoms with Crippen molar-refractivity contribution >= 4 is 34.4 Å². The second-order valence-corrected chi connectivity index (χ2v) is 9.02. The van der Waals surface area contributed by atoms with Crippen LogP contribution in [0.1, 0.15) is 22.3 Å². The number of piperidine rings is 1. The van der Waals surface area contributed by atoms with Crippen molar-refractivity contribution in [3.05, 3.63) is 87.5 Å². The topological polar surface area (TPSA) is 162 Å². The highest BCUT2D eigenvalue weighted by Crippen LogP contribution is 2.26. The minimum absolute atomic E-state index is 0.0799. The maximum atomic E-state index is 15.3. The molecule has 1 saturated heterocycles. The second kappa shape index (κ2) is 10.6. The Hall–Kier alpha value is -4.98. The fourth-order valence-electron chi connectivity index (χ4n) is 4.33. The van der Waals surface area contributed by atoms with E-state index in [-0.39, 0.29) is 31.2 Å². The summed E-state index contributed by atoms with van der Waals surface area (Å²) in [7, 11) is 0. The van der Waals surface area contributed by atoms with Crippen molar-refractivity contribution in [1.29, 1.82) is 0 Å². The van der Waals surface area contributed by atoms with Crippen molar-refractivity contribution < 1.29 is 27.9 Å². The molecule has 1 unspecified atom stereocenters. The fourth-order valence-corrected chi connectivity index (χ4v) is 4.33. The molecule has 1 aliphatic rings. The summed E-state index contributed by atoms with van der Waals surface area (Å²) in [6.07, 6.45) is 1.09. The number of oxime groups is 1. The highest BCUT2D eigenvalue weighted by molar-refractivity contribution is 5.93. The monoisotopic (exact) mass is 553 g/mol. The van der Waals surface area contributed by atoms with Gasteiger partial charge in [-0.15, -0.1) is 0 Å². The number of nitrogen functional groups attached to an aromatic ring is 1. The molecule has 1 fully saturated rings. The molecule has 5 N–H and O–H groups in total. The zero-order chi connectivity index (χ0) is 28.6. The Morgan fingerprint density at radius 1 is 1.10 bits per heavy atom. The molecule has 0 bridgehead atoms. The number of hydrogen-bond donors (Lipinski definition) is 3. The largest absolute Gasteiger partial charge is 0.477 e. The first-order valence-electron chi connectivity index (χ1n) is 12.0. The highest BCUT2D eigenvalue weighted by Gasteiger charge is 2.28. The van der Waals surface area contributed by atoms with E-state index >= 15 is 4.39 Å². The van der Waals surface area contributed by atoms with Crippen LogP contribution < -0.4 is 21.8 Å². The van der Waals surface area contributed by atoms with E-state index < -0.39 is 57.5 Å². The lowest BCUT2D eigenvalue weighted by Crippen LogP contribution is -2.49. The van der Waals surface area contributed by atoms with Gasteiger partial charge in [-0.1, -0.05) is 35.5 Å². The van der Waals surface area contributed by atoms with Crippen LogP contribution in [0.3, 0.4) is 0 Å². The number of nitrogens with zero attached hydrogens (tertiary/aromatic N) is 5. The molecule has 4 aromatic rings. The average Bonchev–Trinajstić information content (AvgIpc) is 2.92. The molecular weight excluding hydrogens is 531 g/mol. The number of carboxylic acids is 1. The summed E-state index contributed by atoms with van der Waals surface area (Å²) < 4.78 is 44.7. The number of halogens is 3. The minimum atomic E-state index is -1.65. The lowest BCUT2D eigenvalue weighted by molar-refractivity contribution is 0.0695. The number of anilines is 2. The summed E-state index contributed by atoms with van der Waals surface area (Å²) >= 11 is 0. The van der Waals surface area contributed by atoms with E-state index in [0.29, 0.717) is 18.2 Å². The lowest BCUT2D eigenvalue weighted by Gasteiger charge is -2.32. The van der Waals surface area contributed by atoms with E-state index in [1.165, 1.54) is 4.90 Å². The van der Waals surface area contributed by atoms with Crippen LogP contribution in [-0.4, -0.2) is 50.5 Å². The number of benzene rings is 1. The summed E-state index contributed by atoms with van der Waals surface area (Å²) in [5, 5.41) is 13.2. The van der Waals surface area contributed by atoms with E-state index in [1.54, 1.807) is 0 Å². The molecule has 1 aromatic carbocycles. The van der Waals surface area contributed by atoms with Gasteiger partial charge in [0.05, 0.1) is 17.1 Å². The first kappa shape index (κ1) is 26.6. The number of nitrogens with two attached hydrogens (primary N) is 2. The van der Waals surface area contributed by atoms with Gasteiger partial charge in [-0.3, -0.25) is 9.36 Å². The van der Waals surface area contributed by atoms with Gasteiger partial charge in [0.1, 0.15) is 12.2 Å². The first-order valence-corrected chi connectivity index (χ1v) is 12.0. The molecule has 40 heavy (non-hydrogen) atoms. The molecule has 0 radical (unpaired) electrons. The molecule has 0 aliphatic carbocycles. The van der Waals surface area contributed by atoms with Crippen LogP contribution in [0.4, 0.5) is 24.8 Å². The summed E-state index contributed by atoms with van der Waals surface area (Å²) in [6.45, 7) is 0.552. The van der Waals surface area contributed by atoms with Crippen LogP contribution in [-0.2, 0) is 11.4 Å². The molecule has 0 spiro atoms. The molecule has 4 heterocycles. The maximum Gasteiger partial charge on any atom is 0.341 e. The predicted octanol–water partition coefficient (Wildman–Crippen LogP) is 2.59. The summed E-state index contributed by atoms with van der Waals surface area (Å²) in [4.78, 5) is 39.4. The average molecular weight is 554 g/mol. The van der Waals surface area contributed by atoms with E-state index in [9.17, 15) is 23.5 Å². The van der Waals surface area contributed by atoms with Gasteiger partial charge in [-0.05, 0) is 11.6 Å². The van der Waals surface area contributed by atoms with Crippen LogP contribution >= 0.6 is 0 Å². The third-order valence-corrected chi connectivity index (χ3v) is 6.35. The smallest absolute Gasteiger partial charge is 0.341 e. The molecule has 0 amide bonds. The van der Waals surface area contributed by atoms with E-state index in [0.717, 1.165) is 22.4 Å². The molecule has 14 heteroatoms. The molecule has 1 atom stereocenters. The van der Waals surface area contributed by atoms with Crippen molar-refractivity contribution in [1.82, 2.24) is 14.5 Å². The van der Waals surface area contributed by atoms with Crippen LogP contribution in [0.2, 0.25) is 0 Å². The number of carbonyl (C=O) groups is 1. The Kier molecular flexibility index (Phi) is 7.09. The van der Waals surface area contributed by atoms with Gasteiger partial charge in [-0.2, -0.15) is 0 Å². The molecule has 11 nitrogen and oxygen atoms in total. The molecule has 1 aliphatic heterocycles. The standard InChI is InChI=1S/C26H22F3N7O4/c27-16-9-18(29)25(32-22(16)31)36-10-15(26(38)39)21(37)14-8-17(28)24(33-23(14)36)35-7-6-20(19(30)11-35)34-40-12-13-4-2-1-3-5-13/h1-5,8-10,19H,6-7,11-12,30H2,(H2,31,32)(H,38,39)/b34-20+. The van der Waals surface area contributed by atoms with E-state index in [4.69, 9.17) is 16.3 Å². The minimum Gasteiger partial charge on any atom is -0.477 e. The zero-order valence-electron chi connectivity index (χ0n) is 20.7. The summed E-state index contributed by atoms with van der Waals surface area (Å²) in [5.41, 5.74) is 11.1. The first-order chi connectivity index (χ1) is 19.1. The van der Waals surface area contributed by atoms with Crippen LogP contribution in [0.5, 0.6) is 0 Å². The van der Waals surface area contributed by atoms with E-state index in [2.05, 4.69) is 15.1 Å². The van der Waals surface area contributed by atoms with Gasteiger partial charge >= 0.3 is 5.97 Å². The van der Waals surface area contributed by atoms with Crippen LogP contribution in [0.25, 0.3) is 16.9 Å². The zero-order valence-corrected chi connectivity index (χ0v) is 20.7. The van der Waals surface area contributed by atoms with Crippen molar-refractivity contribution in [3.8, 4) is 5.82 Å². The van der Waals surface area contributed by atoms with Crippen molar-refractivity contribution in [3.63, 3.8) is 0 Å². The van der Waals surface area contributed by atoms with Crippen LogP contribution in [0.15, 0.2) is 58.6 Å². The number of aromatic nitrogens is 3. The molecule has 0 saturated carbocycles. The van der Waals surface area contributed by atoms with Crippen LogP contribution in [0, 0.1) is 17.5 Å². The Balaban J connectivity index is 1.51. The Morgan fingerprint density at radius 2 is 1.82 bits per heavy atom. The Morgan fingerprint density at radius 3 is 2.52 bits per heavy atom. The van der Waals surface area contributed by atoms with Gasteiger partial charge in [-0.25, -0.2) is 27.9 Å². The van der Waals surface area contributed by atoms with E-state index in [1.807, 2.05) is 30.3 Å². The van der Waals surface area contributed by atoms with Crippen molar-refractivity contribution in [2.75, 3.05) is 23.7 Å². The number of fused-ring (bicyclic) bond motifs is 1. The number of pyridine rings is 3. The Bertz CT molecular complexity index is 1710. The lowest BCUT2D eigenvalue weighted by atomic mass is 10.0. The molecule has 5 rings (SSSR count). The number of hydrogen-bond acceptors (Lipinski definition) is 9. The number of carboxylic acid groups (broad SMARTS) is 1. The van der Waals surface area contributed by atoms with Crippen molar-refractivity contribution in [2.45, 2.75) is 19.1 Å². The summed E-state index contributed by atoms with van der Waals surface area (Å²) in [6, 6.07) is 10.0. The van der Waals surface area contributed by atoms with Gasteiger partial charge in [0.25, 0.3) is 0 Å². The van der Waals surface area contributed by atoms with Gasteiger partial charge in [0.2, 0.25) is 5.43 Å². The molecule has 3 aromatic heterocycles. The number of rotatable bonds is 6. The highest BCUT2D eigenvalue weighted by atomic mass is 19.1.